The summed E-state index contributed by atoms with van der Waals surface area (Å²) < 4.78 is 34.7. The highest BCUT2D eigenvalue weighted by atomic mass is 32.2. The molecule has 1 aliphatic carbocycles. The average molecular weight is 399 g/mol. The minimum atomic E-state index is -3.54. The summed E-state index contributed by atoms with van der Waals surface area (Å²) in [4.78, 5) is 4.56. The third-order valence-corrected chi connectivity index (χ3v) is 7.31. The van der Waals surface area contributed by atoms with Gasteiger partial charge >= 0.3 is 0 Å². The van der Waals surface area contributed by atoms with Gasteiger partial charge in [0, 0.05) is 37.7 Å². The second kappa shape index (κ2) is 6.52. The summed E-state index contributed by atoms with van der Waals surface area (Å²) in [7, 11) is -3.54. The molecule has 0 amide bonds. The maximum atomic E-state index is 13.0. The van der Waals surface area contributed by atoms with Gasteiger partial charge in [0.2, 0.25) is 10.0 Å². The Morgan fingerprint density at radius 1 is 1.14 bits per heavy atom. The molecule has 146 valence electrons. The zero-order valence-corrected chi connectivity index (χ0v) is 16.3. The molecule has 0 N–H and O–H groups in total. The Hall–Kier alpha value is -2.52. The van der Waals surface area contributed by atoms with Gasteiger partial charge in [-0.2, -0.15) is 4.31 Å². The first-order valence-electron chi connectivity index (χ1n) is 9.45. The van der Waals surface area contributed by atoms with Gasteiger partial charge in [0.1, 0.15) is 12.0 Å². The quantitative estimate of drug-likeness (QED) is 0.655. The van der Waals surface area contributed by atoms with Gasteiger partial charge in [-0.15, -0.1) is 5.10 Å². The van der Waals surface area contributed by atoms with Gasteiger partial charge in [0.15, 0.2) is 5.89 Å². The Bertz CT molecular complexity index is 1100. The van der Waals surface area contributed by atoms with E-state index in [0.717, 1.165) is 17.7 Å². The highest BCUT2D eigenvalue weighted by Crippen LogP contribution is 2.39. The lowest BCUT2D eigenvalue weighted by atomic mass is 10.2. The number of oxazole rings is 1. The summed E-state index contributed by atoms with van der Waals surface area (Å²) in [6, 6.07) is 6.81. The van der Waals surface area contributed by atoms with Crippen LogP contribution in [-0.2, 0) is 10.0 Å². The van der Waals surface area contributed by atoms with Gasteiger partial charge in [-0.25, -0.2) is 18.1 Å². The molecule has 0 radical (unpaired) electrons. The largest absolute Gasteiger partial charge is 0.449 e. The van der Waals surface area contributed by atoms with E-state index in [-0.39, 0.29) is 10.9 Å². The summed E-state index contributed by atoms with van der Waals surface area (Å²) in [5, 5.41) is 8.46. The number of hydrogen-bond donors (Lipinski definition) is 0. The van der Waals surface area contributed by atoms with Crippen LogP contribution in [0.4, 0.5) is 0 Å². The molecule has 1 saturated carbocycles. The van der Waals surface area contributed by atoms with Crippen molar-refractivity contribution in [1.29, 1.82) is 0 Å². The van der Waals surface area contributed by atoms with Crippen molar-refractivity contribution in [3.8, 4) is 11.3 Å². The van der Waals surface area contributed by atoms with E-state index in [9.17, 15) is 8.42 Å². The van der Waals surface area contributed by atoms with Gasteiger partial charge in [-0.3, -0.25) is 0 Å². The van der Waals surface area contributed by atoms with Crippen molar-refractivity contribution in [2.45, 2.75) is 43.0 Å². The predicted octanol–water partition coefficient (Wildman–Crippen LogP) is 2.75. The molecule has 8 nitrogen and oxygen atoms in total. The normalized spacial score (nSPS) is 20.7. The molecule has 5 rings (SSSR count). The molecule has 1 aliphatic heterocycles. The van der Waals surface area contributed by atoms with E-state index in [1.54, 1.807) is 37.5 Å². The Balaban J connectivity index is 1.32. The molecule has 0 unspecified atom stereocenters. The second-order valence-corrected chi connectivity index (χ2v) is 9.42. The highest BCUT2D eigenvalue weighted by molar-refractivity contribution is 7.89. The molecular weight excluding hydrogens is 378 g/mol. The van der Waals surface area contributed by atoms with Crippen LogP contribution in [0, 0.1) is 6.92 Å². The zero-order chi connectivity index (χ0) is 19.3. The van der Waals surface area contributed by atoms with Crippen LogP contribution in [0.5, 0.6) is 0 Å². The molecule has 2 aliphatic rings. The van der Waals surface area contributed by atoms with Crippen LogP contribution < -0.4 is 0 Å². The molecule has 3 heterocycles. The standard InChI is InChI=1S/C19H21N5O3S/c1-13-20-19(12-27-13)15-4-6-17(7-5-15)28(25,26)23-9-8-16(10-23)24-11-18(21-22-24)14-2-3-14/h4-7,11-12,14,16H,2-3,8-10H2,1H3/t16-/m1/s1. The first kappa shape index (κ1) is 17.6. The Kier molecular flexibility index (Phi) is 4.09. The van der Waals surface area contributed by atoms with E-state index in [4.69, 9.17) is 4.42 Å². The van der Waals surface area contributed by atoms with Gasteiger partial charge in [0.05, 0.1) is 16.6 Å². The van der Waals surface area contributed by atoms with Gasteiger partial charge in [-0.05, 0) is 31.4 Å². The third-order valence-electron chi connectivity index (χ3n) is 5.43. The third kappa shape index (κ3) is 3.14. The highest BCUT2D eigenvalue weighted by Gasteiger charge is 2.35. The van der Waals surface area contributed by atoms with Crippen molar-refractivity contribution >= 4 is 10.0 Å². The SMILES string of the molecule is Cc1nc(-c2ccc(S(=O)(=O)N3CC[C@@H](n4cc(C5CC5)nn4)C3)cc2)co1. The minimum Gasteiger partial charge on any atom is -0.449 e. The molecular formula is C19H21N5O3S. The molecule has 2 aromatic heterocycles. The van der Waals surface area contributed by atoms with Crippen LogP contribution in [0.25, 0.3) is 11.3 Å². The van der Waals surface area contributed by atoms with E-state index in [1.165, 1.54) is 17.1 Å². The maximum Gasteiger partial charge on any atom is 0.243 e. The number of sulfonamides is 1. The fraction of sp³-hybridized carbons (Fsp3) is 0.421. The van der Waals surface area contributed by atoms with Crippen LogP contribution in [0.15, 0.2) is 46.0 Å². The summed E-state index contributed by atoms with van der Waals surface area (Å²) in [5.41, 5.74) is 2.55. The molecule has 3 aromatic rings. The second-order valence-electron chi connectivity index (χ2n) is 7.48. The molecule has 28 heavy (non-hydrogen) atoms. The van der Waals surface area contributed by atoms with Crippen molar-refractivity contribution in [1.82, 2.24) is 24.3 Å². The Morgan fingerprint density at radius 2 is 1.93 bits per heavy atom. The first-order valence-corrected chi connectivity index (χ1v) is 10.9. The molecule has 1 atom stereocenters. The summed E-state index contributed by atoms with van der Waals surface area (Å²) in [5.74, 6) is 1.12. The number of hydrogen-bond acceptors (Lipinski definition) is 6. The number of rotatable bonds is 5. The van der Waals surface area contributed by atoms with Crippen molar-refractivity contribution in [2.75, 3.05) is 13.1 Å². The smallest absolute Gasteiger partial charge is 0.243 e. The van der Waals surface area contributed by atoms with Crippen molar-refractivity contribution in [2.24, 2.45) is 0 Å². The minimum absolute atomic E-state index is 0.0344. The predicted molar refractivity (Wildman–Crippen MR) is 101 cm³/mol. The van der Waals surface area contributed by atoms with Crippen LogP contribution in [0.3, 0.4) is 0 Å². The van der Waals surface area contributed by atoms with E-state index in [2.05, 4.69) is 15.3 Å². The monoisotopic (exact) mass is 399 g/mol. The maximum absolute atomic E-state index is 13.0. The average Bonchev–Trinajstić information content (AvgIpc) is 3.11. The summed E-state index contributed by atoms with van der Waals surface area (Å²) in [6.45, 7) is 2.67. The number of nitrogens with zero attached hydrogens (tertiary/aromatic N) is 5. The van der Waals surface area contributed by atoms with Crippen molar-refractivity contribution in [3.63, 3.8) is 0 Å². The Labute approximate surface area is 163 Å². The summed E-state index contributed by atoms with van der Waals surface area (Å²) in [6.07, 6.45) is 6.63. The summed E-state index contributed by atoms with van der Waals surface area (Å²) >= 11 is 0. The van der Waals surface area contributed by atoms with Gasteiger partial charge < -0.3 is 4.42 Å². The lowest BCUT2D eigenvalue weighted by molar-refractivity contribution is 0.428. The number of benzene rings is 1. The van der Waals surface area contributed by atoms with Crippen LogP contribution >= 0.6 is 0 Å². The van der Waals surface area contributed by atoms with E-state index in [0.29, 0.717) is 30.6 Å². The van der Waals surface area contributed by atoms with Crippen LogP contribution in [-0.4, -0.2) is 45.8 Å². The molecule has 9 heteroatoms. The fourth-order valence-corrected chi connectivity index (χ4v) is 5.11. The fourth-order valence-electron chi connectivity index (χ4n) is 3.62. The molecule has 2 fully saturated rings. The van der Waals surface area contributed by atoms with Gasteiger partial charge in [0.25, 0.3) is 0 Å². The first-order chi connectivity index (χ1) is 13.5. The van der Waals surface area contributed by atoms with E-state index >= 15 is 0 Å². The molecule has 1 aromatic carbocycles. The lowest BCUT2D eigenvalue weighted by Gasteiger charge is -2.16. The van der Waals surface area contributed by atoms with Gasteiger partial charge in [-0.1, -0.05) is 17.3 Å². The Morgan fingerprint density at radius 3 is 2.61 bits per heavy atom. The number of aryl methyl sites for hydroxylation is 1. The topological polar surface area (TPSA) is 94.1 Å². The van der Waals surface area contributed by atoms with Crippen molar-refractivity contribution < 1.29 is 12.8 Å². The molecule has 0 bridgehead atoms. The van der Waals surface area contributed by atoms with E-state index < -0.39 is 10.0 Å². The van der Waals surface area contributed by atoms with Crippen LogP contribution in [0.2, 0.25) is 0 Å². The number of aromatic nitrogens is 4. The lowest BCUT2D eigenvalue weighted by Crippen LogP contribution is -2.29. The zero-order valence-electron chi connectivity index (χ0n) is 15.5. The van der Waals surface area contributed by atoms with Crippen molar-refractivity contribution in [3.05, 3.63) is 48.3 Å². The van der Waals surface area contributed by atoms with E-state index in [1.807, 2.05) is 10.9 Å². The van der Waals surface area contributed by atoms with Crippen LogP contribution in [0.1, 0.15) is 42.8 Å². The molecule has 0 spiro atoms. The molecule has 1 saturated heterocycles.